The van der Waals surface area contributed by atoms with E-state index in [1.54, 1.807) is 7.11 Å². The van der Waals surface area contributed by atoms with E-state index in [1.165, 1.54) is 4.90 Å². The Morgan fingerprint density at radius 2 is 2.15 bits per heavy atom. The third-order valence-electron chi connectivity index (χ3n) is 3.13. The second-order valence-electron chi connectivity index (χ2n) is 4.99. The molecule has 8 heteroatoms. The lowest BCUT2D eigenvalue weighted by Crippen LogP contribution is -2.39. The molecule has 20 heavy (non-hydrogen) atoms. The molecule has 1 unspecified atom stereocenters. The molecule has 1 saturated heterocycles. The van der Waals surface area contributed by atoms with E-state index < -0.39 is 12.7 Å². The zero-order valence-corrected chi connectivity index (χ0v) is 11.6. The normalized spacial score (nSPS) is 20.1. The minimum absolute atomic E-state index is 0.0853. The molecule has 0 saturated carbocycles. The second-order valence-corrected chi connectivity index (χ2v) is 4.99. The highest BCUT2D eigenvalue weighted by Crippen LogP contribution is 2.22. The Morgan fingerprint density at radius 1 is 1.40 bits per heavy atom. The molecule has 0 bridgehead atoms. The molecule has 0 aromatic heterocycles. The number of rotatable bonds is 7. The predicted octanol–water partition coefficient (Wildman–Crippen LogP) is 1.21. The van der Waals surface area contributed by atoms with Gasteiger partial charge in [0.1, 0.15) is 0 Å². The van der Waals surface area contributed by atoms with E-state index >= 15 is 0 Å². The van der Waals surface area contributed by atoms with Crippen molar-refractivity contribution in [2.75, 3.05) is 46.4 Å². The van der Waals surface area contributed by atoms with E-state index in [9.17, 15) is 18.0 Å². The highest BCUT2D eigenvalue weighted by molar-refractivity contribution is 5.73. The van der Waals surface area contributed by atoms with Crippen LogP contribution in [0.5, 0.6) is 0 Å². The average Bonchev–Trinajstić information content (AvgIpc) is 2.77. The van der Waals surface area contributed by atoms with Crippen LogP contribution in [0, 0.1) is 5.92 Å². The van der Waals surface area contributed by atoms with Gasteiger partial charge in [-0.15, -0.1) is 0 Å². The maximum atomic E-state index is 12.2. The van der Waals surface area contributed by atoms with E-state index in [2.05, 4.69) is 10.6 Å². The first kappa shape index (κ1) is 17.0. The number of urea groups is 1. The lowest BCUT2D eigenvalue weighted by molar-refractivity contribution is -0.143. The van der Waals surface area contributed by atoms with Gasteiger partial charge in [-0.2, -0.15) is 13.2 Å². The molecule has 1 aliphatic rings. The SMILES string of the molecule is COCCCNC(=O)NCC1CCN(CC(F)(F)F)C1. The predicted molar refractivity (Wildman–Crippen MR) is 68.5 cm³/mol. The van der Waals surface area contributed by atoms with Gasteiger partial charge in [-0.1, -0.05) is 0 Å². The minimum atomic E-state index is -4.15. The van der Waals surface area contributed by atoms with Gasteiger partial charge in [0.15, 0.2) is 0 Å². The fourth-order valence-corrected chi connectivity index (χ4v) is 2.19. The topological polar surface area (TPSA) is 53.6 Å². The Morgan fingerprint density at radius 3 is 2.80 bits per heavy atom. The monoisotopic (exact) mass is 297 g/mol. The average molecular weight is 297 g/mol. The second kappa shape index (κ2) is 8.31. The smallest absolute Gasteiger partial charge is 0.385 e. The quantitative estimate of drug-likeness (QED) is 0.695. The maximum Gasteiger partial charge on any atom is 0.401 e. The van der Waals surface area contributed by atoms with Crippen molar-refractivity contribution in [2.45, 2.75) is 19.0 Å². The number of methoxy groups -OCH3 is 1. The summed E-state index contributed by atoms with van der Waals surface area (Å²) in [5.74, 6) is 0.0853. The van der Waals surface area contributed by atoms with E-state index in [0.717, 1.165) is 6.42 Å². The molecule has 2 N–H and O–H groups in total. The Labute approximate surface area is 116 Å². The Hall–Kier alpha value is -1.02. The molecule has 1 fully saturated rings. The van der Waals surface area contributed by atoms with Crippen LogP contribution >= 0.6 is 0 Å². The molecule has 0 radical (unpaired) electrons. The largest absolute Gasteiger partial charge is 0.401 e. The van der Waals surface area contributed by atoms with Crippen LogP contribution in [0.2, 0.25) is 0 Å². The van der Waals surface area contributed by atoms with Crippen LogP contribution in [0.3, 0.4) is 0 Å². The zero-order chi connectivity index (χ0) is 15.0. The number of carbonyl (C=O) groups is 1. The summed E-state index contributed by atoms with van der Waals surface area (Å²) >= 11 is 0. The van der Waals surface area contributed by atoms with Gasteiger partial charge < -0.3 is 15.4 Å². The van der Waals surface area contributed by atoms with Gasteiger partial charge in [-0.25, -0.2) is 4.79 Å². The number of hydrogen-bond donors (Lipinski definition) is 2. The van der Waals surface area contributed by atoms with Crippen molar-refractivity contribution < 1.29 is 22.7 Å². The van der Waals surface area contributed by atoms with Gasteiger partial charge in [-0.3, -0.25) is 4.90 Å². The number of nitrogens with zero attached hydrogens (tertiary/aromatic N) is 1. The molecule has 1 rings (SSSR count). The molecule has 1 heterocycles. The molecule has 5 nitrogen and oxygen atoms in total. The zero-order valence-electron chi connectivity index (χ0n) is 11.6. The number of carbonyl (C=O) groups excluding carboxylic acids is 1. The van der Waals surface area contributed by atoms with E-state index in [1.807, 2.05) is 0 Å². The summed E-state index contributed by atoms with van der Waals surface area (Å²) in [5, 5.41) is 5.35. The molecule has 2 amide bonds. The van der Waals surface area contributed by atoms with Crippen molar-refractivity contribution in [3.63, 3.8) is 0 Å². The number of hydrogen-bond acceptors (Lipinski definition) is 3. The van der Waals surface area contributed by atoms with Crippen molar-refractivity contribution in [1.82, 2.24) is 15.5 Å². The van der Waals surface area contributed by atoms with Gasteiger partial charge in [0.25, 0.3) is 0 Å². The number of amides is 2. The van der Waals surface area contributed by atoms with Gasteiger partial charge in [0.05, 0.1) is 6.54 Å². The van der Waals surface area contributed by atoms with E-state index in [0.29, 0.717) is 39.2 Å². The summed E-state index contributed by atoms with van der Waals surface area (Å²) in [4.78, 5) is 12.8. The maximum absolute atomic E-state index is 12.2. The highest BCUT2D eigenvalue weighted by atomic mass is 19.4. The molecule has 118 valence electrons. The highest BCUT2D eigenvalue weighted by Gasteiger charge is 2.34. The van der Waals surface area contributed by atoms with Crippen LogP contribution in [0.25, 0.3) is 0 Å². The number of likely N-dealkylation sites (tertiary alicyclic amines) is 1. The third-order valence-corrected chi connectivity index (χ3v) is 3.13. The summed E-state index contributed by atoms with van der Waals surface area (Å²) in [6.07, 6.45) is -2.74. The molecule has 1 atom stereocenters. The van der Waals surface area contributed by atoms with Crippen LogP contribution in [-0.4, -0.2) is 63.5 Å². The minimum Gasteiger partial charge on any atom is -0.385 e. The van der Waals surface area contributed by atoms with Crippen molar-refractivity contribution in [3.05, 3.63) is 0 Å². The van der Waals surface area contributed by atoms with Crippen molar-refractivity contribution in [1.29, 1.82) is 0 Å². The number of halogens is 3. The summed E-state index contributed by atoms with van der Waals surface area (Å²) in [7, 11) is 1.59. The van der Waals surface area contributed by atoms with Crippen LogP contribution in [0.1, 0.15) is 12.8 Å². The Balaban J connectivity index is 2.09. The van der Waals surface area contributed by atoms with Crippen LogP contribution in [-0.2, 0) is 4.74 Å². The summed E-state index contributed by atoms with van der Waals surface area (Å²) < 4.78 is 41.5. The van der Waals surface area contributed by atoms with Crippen LogP contribution < -0.4 is 10.6 Å². The summed E-state index contributed by atoms with van der Waals surface area (Å²) in [5.41, 5.74) is 0. The van der Waals surface area contributed by atoms with E-state index in [4.69, 9.17) is 4.74 Å². The fourth-order valence-electron chi connectivity index (χ4n) is 2.19. The molecular weight excluding hydrogens is 275 g/mol. The molecule has 0 aromatic carbocycles. The van der Waals surface area contributed by atoms with Crippen LogP contribution in [0.4, 0.5) is 18.0 Å². The molecule has 0 spiro atoms. The number of ether oxygens (including phenoxy) is 1. The van der Waals surface area contributed by atoms with Gasteiger partial charge >= 0.3 is 12.2 Å². The first-order valence-electron chi connectivity index (χ1n) is 6.70. The fraction of sp³-hybridized carbons (Fsp3) is 0.917. The van der Waals surface area contributed by atoms with Gasteiger partial charge in [0.2, 0.25) is 0 Å². The van der Waals surface area contributed by atoms with Crippen molar-refractivity contribution in [2.24, 2.45) is 5.92 Å². The molecule has 1 aliphatic heterocycles. The molecular formula is C12H22F3N3O2. The van der Waals surface area contributed by atoms with Crippen LogP contribution in [0.15, 0.2) is 0 Å². The van der Waals surface area contributed by atoms with Gasteiger partial charge in [-0.05, 0) is 25.3 Å². The number of nitrogens with one attached hydrogen (secondary N) is 2. The lowest BCUT2D eigenvalue weighted by Gasteiger charge is -2.18. The van der Waals surface area contributed by atoms with Crippen molar-refractivity contribution >= 4 is 6.03 Å². The van der Waals surface area contributed by atoms with Gasteiger partial charge in [0, 0.05) is 33.4 Å². The molecule has 0 aliphatic carbocycles. The summed E-state index contributed by atoms with van der Waals surface area (Å²) in [6.45, 7) is 1.45. The standard InChI is InChI=1S/C12H22F3N3O2/c1-20-6-2-4-16-11(19)17-7-10-3-5-18(8-10)9-12(13,14)15/h10H,2-9H2,1H3,(H2,16,17,19). The van der Waals surface area contributed by atoms with E-state index in [-0.39, 0.29) is 11.9 Å². The summed E-state index contributed by atoms with van der Waals surface area (Å²) in [6, 6.07) is -0.282. The third kappa shape index (κ3) is 7.54. The Kier molecular flexibility index (Phi) is 7.08. The molecule has 0 aromatic rings. The number of alkyl halides is 3. The first-order valence-corrected chi connectivity index (χ1v) is 6.70. The Bertz CT molecular complexity index is 300. The van der Waals surface area contributed by atoms with Crippen molar-refractivity contribution in [3.8, 4) is 0 Å². The lowest BCUT2D eigenvalue weighted by atomic mass is 10.1. The first-order chi connectivity index (χ1) is 9.40.